The minimum Gasteiger partial charge on any atom is -0.479 e. The number of aliphatic carboxylic acids is 1. The van der Waals surface area contributed by atoms with Crippen molar-refractivity contribution in [1.29, 1.82) is 0 Å². The van der Waals surface area contributed by atoms with Crippen molar-refractivity contribution in [2.24, 2.45) is 0 Å². The Kier molecular flexibility index (Phi) is 5.46. The molecule has 0 fully saturated rings. The molecular weight excluding hydrogens is 300 g/mol. The fraction of sp³-hybridized carbons (Fsp3) is 0.176. The molecule has 2 atom stereocenters. The minimum absolute atomic E-state index is 0.657. The van der Waals surface area contributed by atoms with Crippen LogP contribution in [0.5, 0.6) is 0 Å². The molecule has 0 aliphatic carbocycles. The summed E-state index contributed by atoms with van der Waals surface area (Å²) in [5.74, 6) is -2.91. The molecule has 0 aliphatic heterocycles. The number of carboxylic acids is 1. The van der Waals surface area contributed by atoms with Gasteiger partial charge in [-0.15, -0.1) is 0 Å². The fourth-order valence-corrected chi connectivity index (χ4v) is 2.03. The molecule has 2 rings (SSSR count). The van der Waals surface area contributed by atoms with Crippen LogP contribution >= 0.6 is 0 Å². The Hall–Kier alpha value is -2.70. The van der Waals surface area contributed by atoms with Crippen LogP contribution in [0.3, 0.4) is 0 Å². The summed E-state index contributed by atoms with van der Waals surface area (Å²) in [6, 6.07) is 17.6. The van der Waals surface area contributed by atoms with Crippen molar-refractivity contribution < 1.29 is 29.6 Å². The largest absolute Gasteiger partial charge is 0.479 e. The lowest BCUT2D eigenvalue weighted by Gasteiger charge is -2.21. The van der Waals surface area contributed by atoms with Crippen molar-refractivity contribution in [2.75, 3.05) is 0 Å². The monoisotopic (exact) mass is 316 g/mol. The van der Waals surface area contributed by atoms with Crippen LogP contribution in [0.4, 0.5) is 0 Å². The molecule has 120 valence electrons. The third-order valence-electron chi connectivity index (χ3n) is 3.23. The van der Waals surface area contributed by atoms with Crippen molar-refractivity contribution in [3.05, 3.63) is 71.8 Å². The molecule has 0 aliphatic rings. The smallest absolute Gasteiger partial charge is 0.339 e. The van der Waals surface area contributed by atoms with E-state index in [4.69, 9.17) is 9.84 Å². The van der Waals surface area contributed by atoms with Gasteiger partial charge in [-0.05, 0) is 11.1 Å². The van der Waals surface area contributed by atoms with Gasteiger partial charge < -0.3 is 20.1 Å². The highest BCUT2D eigenvalue weighted by Gasteiger charge is 2.33. The van der Waals surface area contributed by atoms with E-state index >= 15 is 0 Å². The molecular formula is C17H16O6. The van der Waals surface area contributed by atoms with E-state index in [1.807, 2.05) is 0 Å². The van der Waals surface area contributed by atoms with E-state index in [9.17, 15) is 19.8 Å². The predicted octanol–water partition coefficient (Wildman–Crippen LogP) is 1.13. The van der Waals surface area contributed by atoms with E-state index in [0.29, 0.717) is 11.1 Å². The normalized spacial score (nSPS) is 13.3. The van der Waals surface area contributed by atoms with Crippen LogP contribution in [-0.2, 0) is 14.3 Å². The zero-order valence-corrected chi connectivity index (χ0v) is 12.1. The Balaban J connectivity index is 2.26. The first kappa shape index (κ1) is 16.7. The summed E-state index contributed by atoms with van der Waals surface area (Å²) in [5, 5.41) is 27.5. The lowest BCUT2D eigenvalue weighted by atomic mass is 10.0. The Morgan fingerprint density at radius 1 is 0.783 bits per heavy atom. The number of benzene rings is 2. The molecule has 2 unspecified atom stereocenters. The highest BCUT2D eigenvalue weighted by Crippen LogP contribution is 2.26. The lowest BCUT2D eigenvalue weighted by molar-refractivity contribution is -0.172. The van der Waals surface area contributed by atoms with Crippen LogP contribution in [0, 0.1) is 0 Å². The standard InChI is InChI=1S/C17H16O6/c18-13(16(20)21)14(19)17(22)23-15(11-7-3-1-4-8-11)12-9-5-2-6-10-12/h1-10,13-15,18-19H,(H,20,21). The van der Waals surface area contributed by atoms with Gasteiger partial charge in [0.1, 0.15) is 0 Å². The van der Waals surface area contributed by atoms with Gasteiger partial charge in [0.15, 0.2) is 18.3 Å². The Labute approximate surface area is 132 Å². The van der Waals surface area contributed by atoms with E-state index in [2.05, 4.69) is 0 Å². The number of aliphatic hydroxyl groups is 2. The van der Waals surface area contributed by atoms with E-state index in [1.165, 1.54) is 0 Å². The maximum Gasteiger partial charge on any atom is 0.339 e. The van der Waals surface area contributed by atoms with Gasteiger partial charge in [-0.25, -0.2) is 9.59 Å². The number of aliphatic hydroxyl groups excluding tert-OH is 2. The third-order valence-corrected chi connectivity index (χ3v) is 3.23. The summed E-state index contributed by atoms with van der Waals surface area (Å²) in [7, 11) is 0. The second-order valence-corrected chi connectivity index (χ2v) is 4.87. The molecule has 0 saturated heterocycles. The summed E-state index contributed by atoms with van der Waals surface area (Å²) in [4.78, 5) is 22.6. The third kappa shape index (κ3) is 4.15. The molecule has 0 amide bonds. The number of carboxylic acid groups (broad SMARTS) is 1. The molecule has 2 aromatic carbocycles. The molecule has 6 nitrogen and oxygen atoms in total. The predicted molar refractivity (Wildman–Crippen MR) is 80.5 cm³/mol. The molecule has 23 heavy (non-hydrogen) atoms. The van der Waals surface area contributed by atoms with Gasteiger partial charge in [-0.2, -0.15) is 0 Å². The first-order chi connectivity index (χ1) is 11.0. The number of carbonyl (C=O) groups is 2. The van der Waals surface area contributed by atoms with Crippen LogP contribution in [0.1, 0.15) is 17.2 Å². The summed E-state index contributed by atoms with van der Waals surface area (Å²) in [5.41, 5.74) is 1.31. The van der Waals surface area contributed by atoms with Crippen LogP contribution in [0.25, 0.3) is 0 Å². The number of hydrogen-bond acceptors (Lipinski definition) is 5. The number of carbonyl (C=O) groups excluding carboxylic acids is 1. The first-order valence-electron chi connectivity index (χ1n) is 6.90. The second kappa shape index (κ2) is 7.53. The SMILES string of the molecule is O=C(O)C(O)C(O)C(=O)OC(c1ccccc1)c1ccccc1. The van der Waals surface area contributed by atoms with Crippen molar-refractivity contribution >= 4 is 11.9 Å². The molecule has 0 radical (unpaired) electrons. The Morgan fingerprint density at radius 3 is 1.61 bits per heavy atom. The van der Waals surface area contributed by atoms with Gasteiger partial charge in [0.2, 0.25) is 0 Å². The van der Waals surface area contributed by atoms with E-state index < -0.39 is 30.3 Å². The zero-order chi connectivity index (χ0) is 16.8. The molecule has 0 heterocycles. The van der Waals surface area contributed by atoms with Crippen molar-refractivity contribution in [1.82, 2.24) is 0 Å². The van der Waals surface area contributed by atoms with Gasteiger partial charge in [-0.1, -0.05) is 60.7 Å². The zero-order valence-electron chi connectivity index (χ0n) is 12.1. The number of hydrogen-bond donors (Lipinski definition) is 3. The summed E-state index contributed by atoms with van der Waals surface area (Å²) in [6.07, 6.45) is -5.22. The maximum atomic E-state index is 12.0. The van der Waals surface area contributed by atoms with Crippen molar-refractivity contribution in [3.63, 3.8) is 0 Å². The second-order valence-electron chi connectivity index (χ2n) is 4.87. The molecule has 0 spiro atoms. The quantitative estimate of drug-likeness (QED) is 0.690. The van der Waals surface area contributed by atoms with Gasteiger partial charge in [0.05, 0.1) is 0 Å². The highest BCUT2D eigenvalue weighted by atomic mass is 16.6. The fourth-order valence-electron chi connectivity index (χ4n) is 2.03. The number of ether oxygens (including phenoxy) is 1. The Bertz CT molecular complexity index is 616. The van der Waals surface area contributed by atoms with Crippen molar-refractivity contribution in [2.45, 2.75) is 18.3 Å². The number of esters is 1. The average molecular weight is 316 g/mol. The molecule has 2 aromatic rings. The molecule has 6 heteroatoms. The minimum atomic E-state index is -2.24. The topological polar surface area (TPSA) is 104 Å². The number of rotatable bonds is 6. The van der Waals surface area contributed by atoms with Crippen LogP contribution in [0.15, 0.2) is 60.7 Å². The first-order valence-corrected chi connectivity index (χ1v) is 6.90. The van der Waals surface area contributed by atoms with E-state index in [0.717, 1.165) is 0 Å². The lowest BCUT2D eigenvalue weighted by Crippen LogP contribution is -2.41. The van der Waals surface area contributed by atoms with Crippen LogP contribution in [-0.4, -0.2) is 39.5 Å². The van der Waals surface area contributed by atoms with Gasteiger partial charge in [0, 0.05) is 0 Å². The van der Waals surface area contributed by atoms with Crippen molar-refractivity contribution in [3.8, 4) is 0 Å². The summed E-state index contributed by atoms with van der Waals surface area (Å²) in [6.45, 7) is 0. The molecule has 0 aromatic heterocycles. The molecule has 0 saturated carbocycles. The molecule has 3 N–H and O–H groups in total. The van der Waals surface area contributed by atoms with Crippen LogP contribution in [0.2, 0.25) is 0 Å². The van der Waals surface area contributed by atoms with Gasteiger partial charge >= 0.3 is 11.9 Å². The highest BCUT2D eigenvalue weighted by molar-refractivity contribution is 5.84. The maximum absolute atomic E-state index is 12.0. The van der Waals surface area contributed by atoms with Crippen LogP contribution < -0.4 is 0 Å². The van der Waals surface area contributed by atoms with E-state index in [1.54, 1.807) is 60.7 Å². The summed E-state index contributed by atoms with van der Waals surface area (Å²) >= 11 is 0. The molecule has 0 bridgehead atoms. The van der Waals surface area contributed by atoms with Gasteiger partial charge in [0.25, 0.3) is 0 Å². The Morgan fingerprint density at radius 2 is 1.22 bits per heavy atom. The average Bonchev–Trinajstić information content (AvgIpc) is 2.59. The van der Waals surface area contributed by atoms with E-state index in [-0.39, 0.29) is 0 Å². The summed E-state index contributed by atoms with van der Waals surface area (Å²) < 4.78 is 5.24. The van der Waals surface area contributed by atoms with Gasteiger partial charge in [-0.3, -0.25) is 0 Å².